The zero-order chi connectivity index (χ0) is 17.5. The number of rotatable bonds is 7. The normalized spacial score (nSPS) is 10.5. The summed E-state index contributed by atoms with van der Waals surface area (Å²) in [6.45, 7) is 4.68. The van der Waals surface area contributed by atoms with E-state index in [9.17, 15) is 4.79 Å². The molecule has 0 saturated carbocycles. The topological polar surface area (TPSA) is 35.5 Å². The van der Waals surface area contributed by atoms with Crippen LogP contribution in [0, 0.1) is 0 Å². The lowest BCUT2D eigenvalue weighted by atomic mass is 10.0. The van der Waals surface area contributed by atoms with Crippen molar-refractivity contribution in [1.29, 1.82) is 0 Å². The average Bonchev–Trinajstić information content (AvgIpc) is 2.61. The second-order valence-corrected chi connectivity index (χ2v) is 6.42. The maximum absolute atomic E-state index is 11.6. The SMILES string of the molecule is CCc1ccc(OCc2c(Br)cccc2CC(=O)OC)c(CC)c1. The van der Waals surface area contributed by atoms with E-state index in [1.807, 2.05) is 24.3 Å². The second-order valence-electron chi connectivity index (χ2n) is 5.57. The van der Waals surface area contributed by atoms with Gasteiger partial charge in [-0.2, -0.15) is 0 Å². The minimum Gasteiger partial charge on any atom is -0.489 e. The van der Waals surface area contributed by atoms with E-state index >= 15 is 0 Å². The van der Waals surface area contributed by atoms with Gasteiger partial charge < -0.3 is 9.47 Å². The number of methoxy groups -OCH3 is 1. The third-order valence-electron chi connectivity index (χ3n) is 4.06. The smallest absolute Gasteiger partial charge is 0.309 e. The zero-order valence-electron chi connectivity index (χ0n) is 14.4. The Kier molecular flexibility index (Phi) is 6.85. The number of hydrogen-bond acceptors (Lipinski definition) is 3. The van der Waals surface area contributed by atoms with Crippen LogP contribution in [0.25, 0.3) is 0 Å². The number of halogens is 1. The van der Waals surface area contributed by atoms with Gasteiger partial charge in [-0.05, 0) is 41.7 Å². The molecule has 0 heterocycles. The van der Waals surface area contributed by atoms with Gasteiger partial charge in [-0.15, -0.1) is 0 Å². The summed E-state index contributed by atoms with van der Waals surface area (Å²) in [7, 11) is 1.40. The third kappa shape index (κ3) is 4.60. The fourth-order valence-electron chi connectivity index (χ4n) is 2.58. The van der Waals surface area contributed by atoms with Gasteiger partial charge in [0.25, 0.3) is 0 Å². The Hall–Kier alpha value is -1.81. The Bertz CT molecular complexity index is 710. The molecule has 4 heteroatoms. The summed E-state index contributed by atoms with van der Waals surface area (Å²) in [5, 5.41) is 0. The molecule has 0 N–H and O–H groups in total. The van der Waals surface area contributed by atoms with Crippen molar-refractivity contribution in [3.8, 4) is 5.75 Å². The summed E-state index contributed by atoms with van der Waals surface area (Å²) < 4.78 is 11.8. The quantitative estimate of drug-likeness (QED) is 0.632. The number of esters is 1. The van der Waals surface area contributed by atoms with Gasteiger partial charge in [0.15, 0.2) is 0 Å². The van der Waals surface area contributed by atoms with Gasteiger partial charge in [-0.1, -0.05) is 54.0 Å². The lowest BCUT2D eigenvalue weighted by Gasteiger charge is -2.15. The molecule has 3 nitrogen and oxygen atoms in total. The van der Waals surface area contributed by atoms with Crippen molar-refractivity contribution in [1.82, 2.24) is 0 Å². The van der Waals surface area contributed by atoms with Crippen LogP contribution in [-0.2, 0) is 35.4 Å². The fourth-order valence-corrected chi connectivity index (χ4v) is 3.10. The van der Waals surface area contributed by atoms with Crippen molar-refractivity contribution in [2.75, 3.05) is 7.11 Å². The van der Waals surface area contributed by atoms with E-state index < -0.39 is 0 Å². The standard InChI is InChI=1S/C20H23BrO3/c1-4-14-9-10-19(15(5-2)11-14)24-13-17-16(12-20(22)23-3)7-6-8-18(17)21/h6-11H,4-5,12-13H2,1-3H3. The highest BCUT2D eigenvalue weighted by Crippen LogP contribution is 2.26. The highest BCUT2D eigenvalue weighted by Gasteiger charge is 2.12. The first kappa shape index (κ1) is 18.5. The van der Waals surface area contributed by atoms with Gasteiger partial charge in [0.1, 0.15) is 12.4 Å². The average molecular weight is 391 g/mol. The van der Waals surface area contributed by atoms with Crippen molar-refractivity contribution in [3.05, 3.63) is 63.1 Å². The number of carbonyl (C=O) groups is 1. The number of carbonyl (C=O) groups excluding carboxylic acids is 1. The summed E-state index contributed by atoms with van der Waals surface area (Å²) in [6, 6.07) is 12.1. The number of aryl methyl sites for hydroxylation is 2. The molecule has 0 aliphatic heterocycles. The number of hydrogen-bond donors (Lipinski definition) is 0. The first-order valence-electron chi connectivity index (χ1n) is 8.16. The summed E-state index contributed by atoms with van der Waals surface area (Å²) in [6.07, 6.45) is 2.18. The molecule has 0 amide bonds. The maximum atomic E-state index is 11.6. The van der Waals surface area contributed by atoms with Crippen LogP contribution >= 0.6 is 15.9 Å². The molecule has 0 fully saturated rings. The van der Waals surface area contributed by atoms with Crippen LogP contribution in [0.4, 0.5) is 0 Å². The summed E-state index contributed by atoms with van der Waals surface area (Å²) in [5.74, 6) is 0.644. The van der Waals surface area contributed by atoms with Gasteiger partial charge in [-0.25, -0.2) is 0 Å². The van der Waals surface area contributed by atoms with Crippen LogP contribution in [0.2, 0.25) is 0 Å². The van der Waals surface area contributed by atoms with E-state index in [-0.39, 0.29) is 12.4 Å². The Morgan fingerprint density at radius 3 is 2.54 bits per heavy atom. The third-order valence-corrected chi connectivity index (χ3v) is 4.81. The van der Waals surface area contributed by atoms with Gasteiger partial charge in [-0.3, -0.25) is 4.79 Å². The fraction of sp³-hybridized carbons (Fsp3) is 0.350. The molecule has 0 aromatic heterocycles. The van der Waals surface area contributed by atoms with E-state index in [1.54, 1.807) is 0 Å². The zero-order valence-corrected chi connectivity index (χ0v) is 16.0. The highest BCUT2D eigenvalue weighted by molar-refractivity contribution is 9.10. The van der Waals surface area contributed by atoms with E-state index in [0.717, 1.165) is 34.2 Å². The number of ether oxygens (including phenoxy) is 2. The molecule has 2 aromatic rings. The molecule has 128 valence electrons. The van der Waals surface area contributed by atoms with Crippen LogP contribution in [0.15, 0.2) is 40.9 Å². The Morgan fingerprint density at radius 2 is 1.88 bits per heavy atom. The van der Waals surface area contributed by atoms with Gasteiger partial charge in [0.05, 0.1) is 13.5 Å². The van der Waals surface area contributed by atoms with Gasteiger partial charge in [0.2, 0.25) is 0 Å². The Labute approximate surface area is 152 Å². The van der Waals surface area contributed by atoms with Crippen LogP contribution in [0.3, 0.4) is 0 Å². The molecule has 0 radical (unpaired) electrons. The minimum absolute atomic E-state index is 0.240. The summed E-state index contributed by atoms with van der Waals surface area (Å²) in [5.41, 5.74) is 4.41. The van der Waals surface area contributed by atoms with Gasteiger partial charge in [0, 0.05) is 10.0 Å². The van der Waals surface area contributed by atoms with Crippen LogP contribution in [0.5, 0.6) is 5.75 Å². The molecule has 0 aliphatic rings. The Balaban J connectivity index is 2.21. The minimum atomic E-state index is -0.254. The first-order chi connectivity index (χ1) is 11.6. The molecular formula is C20H23BrO3. The molecule has 24 heavy (non-hydrogen) atoms. The van der Waals surface area contributed by atoms with E-state index in [4.69, 9.17) is 9.47 Å². The maximum Gasteiger partial charge on any atom is 0.309 e. The van der Waals surface area contributed by atoms with Crippen LogP contribution in [0.1, 0.15) is 36.1 Å². The number of benzene rings is 2. The second kappa shape index (κ2) is 8.88. The van der Waals surface area contributed by atoms with E-state index in [1.165, 1.54) is 18.2 Å². The molecule has 2 aromatic carbocycles. The molecule has 0 spiro atoms. The van der Waals surface area contributed by atoms with E-state index in [0.29, 0.717) is 6.61 Å². The summed E-state index contributed by atoms with van der Waals surface area (Å²) >= 11 is 3.56. The van der Waals surface area contributed by atoms with Crippen LogP contribution in [-0.4, -0.2) is 13.1 Å². The van der Waals surface area contributed by atoms with Crippen molar-refractivity contribution in [2.24, 2.45) is 0 Å². The highest BCUT2D eigenvalue weighted by atomic mass is 79.9. The lowest BCUT2D eigenvalue weighted by Crippen LogP contribution is -2.09. The molecule has 0 saturated heterocycles. The molecule has 0 bridgehead atoms. The molecule has 0 unspecified atom stereocenters. The summed E-state index contributed by atoms with van der Waals surface area (Å²) in [4.78, 5) is 11.6. The van der Waals surface area contributed by atoms with E-state index in [2.05, 4.69) is 41.9 Å². The molecule has 0 aliphatic carbocycles. The lowest BCUT2D eigenvalue weighted by molar-refractivity contribution is -0.139. The Morgan fingerprint density at radius 1 is 1.08 bits per heavy atom. The molecule has 0 atom stereocenters. The van der Waals surface area contributed by atoms with Crippen molar-refractivity contribution < 1.29 is 14.3 Å². The van der Waals surface area contributed by atoms with Gasteiger partial charge >= 0.3 is 5.97 Å². The predicted molar refractivity (Wildman–Crippen MR) is 99.4 cm³/mol. The predicted octanol–water partition coefficient (Wildman–Crippen LogP) is 4.87. The monoisotopic (exact) mass is 390 g/mol. The van der Waals surface area contributed by atoms with Crippen molar-refractivity contribution in [3.63, 3.8) is 0 Å². The van der Waals surface area contributed by atoms with Crippen LogP contribution < -0.4 is 4.74 Å². The first-order valence-corrected chi connectivity index (χ1v) is 8.96. The molecule has 2 rings (SSSR count). The molecular weight excluding hydrogens is 368 g/mol. The van der Waals surface area contributed by atoms with Crippen molar-refractivity contribution >= 4 is 21.9 Å². The van der Waals surface area contributed by atoms with Crippen molar-refractivity contribution in [2.45, 2.75) is 39.7 Å². The largest absolute Gasteiger partial charge is 0.489 e.